The molecule has 0 radical (unpaired) electrons. The monoisotopic (exact) mass is 250 g/mol. The van der Waals surface area contributed by atoms with Gasteiger partial charge in [-0.1, -0.05) is 19.1 Å². The molecule has 0 saturated carbocycles. The highest BCUT2D eigenvalue weighted by Gasteiger charge is 2.05. The van der Waals surface area contributed by atoms with Gasteiger partial charge in [0.25, 0.3) is 5.91 Å². The SMILES string of the molecule is CCNCc1ccc(C(=O)NCCC(=O)O)cc1. The number of carbonyl (C=O) groups is 2. The van der Waals surface area contributed by atoms with Gasteiger partial charge >= 0.3 is 5.97 Å². The molecule has 0 atom stereocenters. The Kier molecular flexibility index (Phi) is 5.87. The summed E-state index contributed by atoms with van der Waals surface area (Å²) in [6.45, 7) is 3.85. The van der Waals surface area contributed by atoms with E-state index in [0.717, 1.165) is 18.7 Å². The van der Waals surface area contributed by atoms with Crippen molar-refractivity contribution < 1.29 is 14.7 Å². The third-order valence-corrected chi connectivity index (χ3v) is 2.42. The van der Waals surface area contributed by atoms with Crippen molar-refractivity contribution in [1.82, 2.24) is 10.6 Å². The van der Waals surface area contributed by atoms with Crippen LogP contribution in [0.4, 0.5) is 0 Å². The topological polar surface area (TPSA) is 78.4 Å². The second kappa shape index (κ2) is 7.45. The molecular formula is C13H18N2O3. The Morgan fingerprint density at radius 1 is 1.22 bits per heavy atom. The molecule has 0 bridgehead atoms. The molecule has 0 saturated heterocycles. The van der Waals surface area contributed by atoms with Gasteiger partial charge in [-0.25, -0.2) is 0 Å². The van der Waals surface area contributed by atoms with Gasteiger partial charge in [0.2, 0.25) is 0 Å². The zero-order valence-electron chi connectivity index (χ0n) is 10.4. The Hall–Kier alpha value is -1.88. The fraction of sp³-hybridized carbons (Fsp3) is 0.385. The van der Waals surface area contributed by atoms with Crippen molar-refractivity contribution in [3.8, 4) is 0 Å². The minimum Gasteiger partial charge on any atom is -0.481 e. The lowest BCUT2D eigenvalue weighted by Gasteiger charge is -2.05. The second-order valence-electron chi connectivity index (χ2n) is 3.88. The zero-order chi connectivity index (χ0) is 13.4. The smallest absolute Gasteiger partial charge is 0.305 e. The van der Waals surface area contributed by atoms with Crippen molar-refractivity contribution in [2.75, 3.05) is 13.1 Å². The molecule has 0 aliphatic rings. The van der Waals surface area contributed by atoms with Crippen LogP contribution < -0.4 is 10.6 Å². The Labute approximate surface area is 106 Å². The Bertz CT molecular complexity index is 401. The molecule has 0 aliphatic heterocycles. The number of hydrogen-bond acceptors (Lipinski definition) is 3. The van der Waals surface area contributed by atoms with Crippen molar-refractivity contribution in [2.24, 2.45) is 0 Å². The molecule has 5 heteroatoms. The fourth-order valence-electron chi connectivity index (χ4n) is 1.43. The highest BCUT2D eigenvalue weighted by atomic mass is 16.4. The second-order valence-corrected chi connectivity index (χ2v) is 3.88. The number of rotatable bonds is 7. The summed E-state index contributed by atoms with van der Waals surface area (Å²) in [5, 5.41) is 14.2. The lowest BCUT2D eigenvalue weighted by molar-refractivity contribution is -0.136. The van der Waals surface area contributed by atoms with Crippen LogP contribution in [0.2, 0.25) is 0 Å². The Balaban J connectivity index is 2.46. The van der Waals surface area contributed by atoms with Gasteiger partial charge in [-0.15, -0.1) is 0 Å². The van der Waals surface area contributed by atoms with E-state index in [1.165, 1.54) is 0 Å². The number of aliphatic carboxylic acids is 1. The highest BCUT2D eigenvalue weighted by molar-refractivity contribution is 5.94. The number of carboxylic acid groups (broad SMARTS) is 1. The van der Waals surface area contributed by atoms with E-state index in [1.807, 2.05) is 19.1 Å². The van der Waals surface area contributed by atoms with Crippen LogP contribution in [0, 0.1) is 0 Å². The lowest BCUT2D eigenvalue weighted by atomic mass is 10.1. The molecule has 0 unspecified atom stereocenters. The summed E-state index contributed by atoms with van der Waals surface area (Å²) >= 11 is 0. The molecule has 98 valence electrons. The Morgan fingerprint density at radius 3 is 2.44 bits per heavy atom. The molecule has 0 aliphatic carbocycles. The average Bonchev–Trinajstić information content (AvgIpc) is 2.36. The fourth-order valence-corrected chi connectivity index (χ4v) is 1.43. The first-order valence-electron chi connectivity index (χ1n) is 5.93. The van der Waals surface area contributed by atoms with Crippen LogP contribution in [0.25, 0.3) is 0 Å². The third kappa shape index (κ3) is 4.97. The van der Waals surface area contributed by atoms with E-state index in [0.29, 0.717) is 5.56 Å². The van der Waals surface area contributed by atoms with E-state index in [-0.39, 0.29) is 18.9 Å². The van der Waals surface area contributed by atoms with Crippen LogP contribution in [0.5, 0.6) is 0 Å². The van der Waals surface area contributed by atoms with Crippen molar-refractivity contribution in [3.63, 3.8) is 0 Å². The number of carbonyl (C=O) groups excluding carboxylic acids is 1. The van der Waals surface area contributed by atoms with Gasteiger partial charge < -0.3 is 15.7 Å². The van der Waals surface area contributed by atoms with Gasteiger partial charge in [0, 0.05) is 18.7 Å². The summed E-state index contributed by atoms with van der Waals surface area (Å²) < 4.78 is 0. The quantitative estimate of drug-likeness (QED) is 0.674. The maximum absolute atomic E-state index is 11.6. The molecule has 18 heavy (non-hydrogen) atoms. The molecule has 1 aromatic carbocycles. The molecule has 1 aromatic rings. The van der Waals surface area contributed by atoms with Gasteiger partial charge in [-0.2, -0.15) is 0 Å². The van der Waals surface area contributed by atoms with Crippen molar-refractivity contribution >= 4 is 11.9 Å². The molecule has 1 amide bonds. The van der Waals surface area contributed by atoms with Crippen molar-refractivity contribution in [1.29, 1.82) is 0 Å². The van der Waals surface area contributed by atoms with Gasteiger partial charge in [0.1, 0.15) is 0 Å². The lowest BCUT2D eigenvalue weighted by Crippen LogP contribution is -2.26. The summed E-state index contributed by atoms with van der Waals surface area (Å²) in [5.74, 6) is -1.16. The molecule has 0 fully saturated rings. The minimum atomic E-state index is -0.920. The number of benzene rings is 1. The predicted octanol–water partition coefficient (Wildman–Crippen LogP) is 1.00. The van der Waals surface area contributed by atoms with E-state index >= 15 is 0 Å². The van der Waals surface area contributed by atoms with Crippen LogP contribution in [0.15, 0.2) is 24.3 Å². The number of amides is 1. The van der Waals surface area contributed by atoms with Crippen molar-refractivity contribution in [3.05, 3.63) is 35.4 Å². The molecule has 0 aromatic heterocycles. The van der Waals surface area contributed by atoms with Crippen LogP contribution in [-0.2, 0) is 11.3 Å². The van der Waals surface area contributed by atoms with E-state index in [1.54, 1.807) is 12.1 Å². The van der Waals surface area contributed by atoms with Gasteiger partial charge in [0.05, 0.1) is 6.42 Å². The maximum Gasteiger partial charge on any atom is 0.305 e. The molecule has 3 N–H and O–H groups in total. The summed E-state index contributed by atoms with van der Waals surface area (Å²) in [7, 11) is 0. The van der Waals surface area contributed by atoms with Crippen LogP contribution in [0.1, 0.15) is 29.3 Å². The van der Waals surface area contributed by atoms with Gasteiger partial charge in [-0.05, 0) is 24.2 Å². The first-order valence-corrected chi connectivity index (χ1v) is 5.93. The normalized spacial score (nSPS) is 10.1. The van der Waals surface area contributed by atoms with E-state index < -0.39 is 5.97 Å². The zero-order valence-corrected chi connectivity index (χ0v) is 10.4. The standard InChI is InChI=1S/C13H18N2O3/c1-2-14-9-10-3-5-11(6-4-10)13(18)15-8-7-12(16)17/h3-6,14H,2,7-9H2,1H3,(H,15,18)(H,16,17). The maximum atomic E-state index is 11.6. The molecule has 0 spiro atoms. The van der Waals surface area contributed by atoms with Gasteiger partial charge in [-0.3, -0.25) is 9.59 Å². The summed E-state index contributed by atoms with van der Waals surface area (Å²) in [5.41, 5.74) is 1.65. The van der Waals surface area contributed by atoms with Crippen LogP contribution >= 0.6 is 0 Å². The first-order chi connectivity index (χ1) is 8.63. The summed E-state index contributed by atoms with van der Waals surface area (Å²) in [6, 6.07) is 7.25. The van der Waals surface area contributed by atoms with E-state index in [9.17, 15) is 9.59 Å². The molecule has 0 heterocycles. The number of nitrogens with one attached hydrogen (secondary N) is 2. The van der Waals surface area contributed by atoms with E-state index in [2.05, 4.69) is 10.6 Å². The largest absolute Gasteiger partial charge is 0.481 e. The van der Waals surface area contributed by atoms with Crippen LogP contribution in [0.3, 0.4) is 0 Å². The van der Waals surface area contributed by atoms with Crippen molar-refractivity contribution in [2.45, 2.75) is 19.9 Å². The third-order valence-electron chi connectivity index (χ3n) is 2.42. The predicted molar refractivity (Wildman–Crippen MR) is 68.4 cm³/mol. The van der Waals surface area contributed by atoms with Crippen LogP contribution in [-0.4, -0.2) is 30.1 Å². The first kappa shape index (κ1) is 14.2. The Morgan fingerprint density at radius 2 is 1.89 bits per heavy atom. The highest BCUT2D eigenvalue weighted by Crippen LogP contribution is 2.04. The number of carboxylic acids is 1. The van der Waals surface area contributed by atoms with E-state index in [4.69, 9.17) is 5.11 Å². The van der Waals surface area contributed by atoms with Gasteiger partial charge in [0.15, 0.2) is 0 Å². The minimum absolute atomic E-state index is 0.0652. The summed E-state index contributed by atoms with van der Waals surface area (Å²) in [6.07, 6.45) is -0.0652. The molecular weight excluding hydrogens is 232 g/mol. The average molecular weight is 250 g/mol. The number of hydrogen-bond donors (Lipinski definition) is 3. The summed E-state index contributed by atoms with van der Waals surface area (Å²) in [4.78, 5) is 21.9. The molecule has 5 nitrogen and oxygen atoms in total. The molecule has 1 rings (SSSR count).